The first-order valence-electron chi connectivity index (χ1n) is 10.3. The number of hydrogen-bond donors (Lipinski definition) is 0. The summed E-state index contributed by atoms with van der Waals surface area (Å²) < 4.78 is 27.6. The lowest BCUT2D eigenvalue weighted by atomic mass is 9.73. The van der Waals surface area contributed by atoms with Crippen LogP contribution in [0.3, 0.4) is 0 Å². The van der Waals surface area contributed by atoms with E-state index in [1.807, 2.05) is 0 Å². The van der Waals surface area contributed by atoms with E-state index in [-0.39, 0.29) is 0 Å². The normalized spacial score (nSPS) is 30.9. The zero-order chi connectivity index (χ0) is 17.2. The fourth-order valence-electron chi connectivity index (χ4n) is 5.42. The summed E-state index contributed by atoms with van der Waals surface area (Å²) in [7, 11) is 0. The van der Waals surface area contributed by atoms with Gasteiger partial charge in [-0.1, -0.05) is 38.2 Å². The Hall–Kier alpha value is -0.570. The van der Waals surface area contributed by atoms with Gasteiger partial charge in [0.15, 0.2) is 11.6 Å². The quantitative estimate of drug-likeness (QED) is 0.575. The van der Waals surface area contributed by atoms with Crippen LogP contribution >= 0.6 is 11.8 Å². The summed E-state index contributed by atoms with van der Waals surface area (Å²) in [6, 6.07) is 3.07. The van der Waals surface area contributed by atoms with Gasteiger partial charge in [-0.3, -0.25) is 0 Å². The number of halogens is 2. The molecule has 3 heteroatoms. The zero-order valence-corrected chi connectivity index (χ0v) is 15.9. The molecule has 0 N–H and O–H groups in total. The lowest BCUT2D eigenvalue weighted by Gasteiger charge is -2.37. The van der Waals surface area contributed by atoms with Crippen molar-refractivity contribution in [3.63, 3.8) is 0 Å². The maximum Gasteiger partial charge on any atom is 0.162 e. The van der Waals surface area contributed by atoms with E-state index in [0.29, 0.717) is 17.2 Å². The number of aryl methyl sites for hydroxylation is 1. The molecule has 25 heavy (non-hydrogen) atoms. The topological polar surface area (TPSA) is 0 Å². The fraction of sp³-hybridized carbons (Fsp3) is 0.727. The average molecular weight is 365 g/mol. The van der Waals surface area contributed by atoms with Gasteiger partial charge in [0.1, 0.15) is 0 Å². The second kappa shape index (κ2) is 7.98. The molecule has 0 amide bonds. The maximum absolute atomic E-state index is 14.1. The second-order valence-electron chi connectivity index (χ2n) is 8.43. The molecule has 3 aliphatic carbocycles. The molecule has 0 aromatic heterocycles. The number of thioether (sulfide) groups is 1. The first-order valence-corrected chi connectivity index (χ1v) is 11.3. The van der Waals surface area contributed by atoms with Gasteiger partial charge >= 0.3 is 0 Å². The number of rotatable bonds is 3. The molecule has 0 bridgehead atoms. The molecular formula is C22H30F2S. The summed E-state index contributed by atoms with van der Waals surface area (Å²) >= 11 is 2.08. The Labute approximate surface area is 155 Å². The van der Waals surface area contributed by atoms with Crippen molar-refractivity contribution >= 4 is 11.8 Å². The molecule has 1 aromatic carbocycles. The molecule has 0 saturated heterocycles. The number of benzene rings is 1. The summed E-state index contributed by atoms with van der Waals surface area (Å²) in [6.45, 7) is 0. The monoisotopic (exact) mass is 364 g/mol. The third kappa shape index (κ3) is 4.07. The minimum absolute atomic E-state index is 0.472. The Bertz CT molecular complexity index is 586. The summed E-state index contributed by atoms with van der Waals surface area (Å²) in [5, 5.41) is 1.21. The van der Waals surface area contributed by atoms with E-state index >= 15 is 0 Å². The first-order chi connectivity index (χ1) is 12.2. The van der Waals surface area contributed by atoms with Crippen molar-refractivity contribution in [2.75, 3.05) is 0 Å². The molecule has 1 atom stereocenters. The molecule has 1 unspecified atom stereocenters. The van der Waals surface area contributed by atoms with E-state index in [0.717, 1.165) is 35.5 Å². The Balaban J connectivity index is 1.30. The maximum atomic E-state index is 14.1. The first kappa shape index (κ1) is 17.8. The van der Waals surface area contributed by atoms with Crippen molar-refractivity contribution in [3.05, 3.63) is 34.9 Å². The van der Waals surface area contributed by atoms with Crippen LogP contribution in [0.1, 0.15) is 75.3 Å². The van der Waals surface area contributed by atoms with Gasteiger partial charge in [-0.2, -0.15) is 11.8 Å². The van der Waals surface area contributed by atoms with Crippen molar-refractivity contribution in [1.82, 2.24) is 0 Å². The van der Waals surface area contributed by atoms with Gasteiger partial charge in [-0.25, -0.2) is 8.78 Å². The van der Waals surface area contributed by atoms with E-state index in [9.17, 15) is 8.78 Å². The minimum atomic E-state index is -0.683. The van der Waals surface area contributed by atoms with E-state index in [1.54, 1.807) is 6.07 Å². The molecule has 0 radical (unpaired) electrons. The fourth-order valence-corrected chi connectivity index (χ4v) is 7.03. The number of fused-ring (bicyclic) bond motifs is 1. The highest BCUT2D eigenvalue weighted by Crippen LogP contribution is 2.43. The van der Waals surface area contributed by atoms with Gasteiger partial charge in [0.25, 0.3) is 0 Å². The highest BCUT2D eigenvalue weighted by atomic mass is 32.2. The molecule has 1 aromatic rings. The summed E-state index contributed by atoms with van der Waals surface area (Å²) in [5.41, 5.74) is 1.68. The largest absolute Gasteiger partial charge is 0.204 e. The van der Waals surface area contributed by atoms with E-state index in [4.69, 9.17) is 0 Å². The SMILES string of the molecule is Fc1ccc2c(c1F)CC(SC1CCC(C3CCCCC3)CC1)CC2. The number of hydrogen-bond acceptors (Lipinski definition) is 1. The van der Waals surface area contributed by atoms with Gasteiger partial charge in [-0.05, 0) is 74.0 Å². The molecular weight excluding hydrogens is 334 g/mol. The second-order valence-corrected chi connectivity index (χ2v) is 10.0. The van der Waals surface area contributed by atoms with Gasteiger partial charge in [-0.15, -0.1) is 0 Å². The van der Waals surface area contributed by atoms with Crippen LogP contribution < -0.4 is 0 Å². The minimum Gasteiger partial charge on any atom is -0.204 e. The molecule has 0 heterocycles. The molecule has 2 fully saturated rings. The molecule has 4 rings (SSSR count). The third-order valence-electron chi connectivity index (χ3n) is 6.88. The van der Waals surface area contributed by atoms with Crippen LogP contribution in [0, 0.1) is 23.5 Å². The molecule has 0 spiro atoms. The lowest BCUT2D eigenvalue weighted by molar-refractivity contribution is 0.198. The van der Waals surface area contributed by atoms with Gasteiger partial charge in [0.2, 0.25) is 0 Å². The van der Waals surface area contributed by atoms with Crippen LogP contribution in [0.15, 0.2) is 12.1 Å². The molecule has 2 saturated carbocycles. The van der Waals surface area contributed by atoms with E-state index in [2.05, 4.69) is 11.8 Å². The highest BCUT2D eigenvalue weighted by molar-refractivity contribution is 8.00. The average Bonchev–Trinajstić information content (AvgIpc) is 2.66. The predicted octanol–water partition coefficient (Wildman–Crippen LogP) is 6.69. The van der Waals surface area contributed by atoms with Crippen LogP contribution in [-0.4, -0.2) is 10.5 Å². The van der Waals surface area contributed by atoms with Crippen molar-refractivity contribution < 1.29 is 8.78 Å². The Morgan fingerprint density at radius 3 is 2.24 bits per heavy atom. The van der Waals surface area contributed by atoms with E-state index in [1.165, 1.54) is 63.9 Å². The van der Waals surface area contributed by atoms with Crippen molar-refractivity contribution in [2.24, 2.45) is 11.8 Å². The third-order valence-corrected chi connectivity index (χ3v) is 8.52. The van der Waals surface area contributed by atoms with Crippen LogP contribution in [0.5, 0.6) is 0 Å². The standard InChI is InChI=1S/C22H30F2S/c23-21-13-9-17-8-12-19(14-20(17)22(21)24)25-18-10-6-16(7-11-18)15-4-2-1-3-5-15/h9,13,15-16,18-19H,1-8,10-12,14H2. The van der Waals surface area contributed by atoms with Crippen molar-refractivity contribution in [2.45, 2.75) is 87.5 Å². The zero-order valence-electron chi connectivity index (χ0n) is 15.1. The smallest absolute Gasteiger partial charge is 0.162 e. The van der Waals surface area contributed by atoms with Gasteiger partial charge in [0.05, 0.1) is 0 Å². The molecule has 0 aliphatic heterocycles. The molecule has 0 nitrogen and oxygen atoms in total. The summed E-state index contributed by atoms with van der Waals surface area (Å²) in [6.07, 6.45) is 15.5. The van der Waals surface area contributed by atoms with Crippen LogP contribution in [0.25, 0.3) is 0 Å². The van der Waals surface area contributed by atoms with E-state index < -0.39 is 11.6 Å². The lowest BCUT2D eigenvalue weighted by Crippen LogP contribution is -2.27. The van der Waals surface area contributed by atoms with Crippen molar-refractivity contribution in [3.8, 4) is 0 Å². The molecule has 3 aliphatic rings. The predicted molar refractivity (Wildman–Crippen MR) is 102 cm³/mol. The van der Waals surface area contributed by atoms with Gasteiger partial charge in [0, 0.05) is 10.5 Å². The van der Waals surface area contributed by atoms with Crippen LogP contribution in [0.2, 0.25) is 0 Å². The van der Waals surface area contributed by atoms with Crippen LogP contribution in [0.4, 0.5) is 8.78 Å². The highest BCUT2D eigenvalue weighted by Gasteiger charge is 2.31. The van der Waals surface area contributed by atoms with Gasteiger partial charge < -0.3 is 0 Å². The summed E-state index contributed by atoms with van der Waals surface area (Å²) in [4.78, 5) is 0. The van der Waals surface area contributed by atoms with Crippen molar-refractivity contribution in [1.29, 1.82) is 0 Å². The Morgan fingerprint density at radius 2 is 1.48 bits per heavy atom. The Morgan fingerprint density at radius 1 is 0.760 bits per heavy atom. The Kier molecular flexibility index (Phi) is 5.69. The molecule has 138 valence electrons. The summed E-state index contributed by atoms with van der Waals surface area (Å²) in [5.74, 6) is 0.690. The van der Waals surface area contributed by atoms with Crippen LogP contribution in [-0.2, 0) is 12.8 Å².